The van der Waals surface area contributed by atoms with E-state index in [1.165, 1.54) is 0 Å². The minimum Gasteiger partial charge on any atom is -0.377 e. The zero-order valence-corrected chi connectivity index (χ0v) is 10.5. The lowest BCUT2D eigenvalue weighted by atomic mass is 10.1. The van der Waals surface area contributed by atoms with Crippen LogP contribution in [0.5, 0.6) is 0 Å². The third-order valence-corrected chi connectivity index (χ3v) is 2.78. The molecule has 0 unspecified atom stereocenters. The summed E-state index contributed by atoms with van der Waals surface area (Å²) in [6.45, 7) is 0. The Balaban J connectivity index is 2.72. The molecule has 0 radical (unpaired) electrons. The smallest absolute Gasteiger partial charge is 0.0775 e. The van der Waals surface area contributed by atoms with Gasteiger partial charge in [0.05, 0.1) is 23.7 Å². The van der Waals surface area contributed by atoms with Gasteiger partial charge in [0.15, 0.2) is 0 Å². The zero-order valence-electron chi connectivity index (χ0n) is 9.74. The van der Waals surface area contributed by atoms with Crippen LogP contribution in [0, 0.1) is 11.3 Å². The molecule has 0 bridgehead atoms. The van der Waals surface area contributed by atoms with Gasteiger partial charge in [0, 0.05) is 30.2 Å². The van der Waals surface area contributed by atoms with Crippen molar-refractivity contribution in [2.45, 2.75) is 6.42 Å². The quantitative estimate of drug-likeness (QED) is 0.817. The van der Waals surface area contributed by atoms with Crippen LogP contribution in [0.25, 0.3) is 10.9 Å². The molecule has 2 aromatic rings. The summed E-state index contributed by atoms with van der Waals surface area (Å²) in [5.41, 5.74) is 2.65. The SMILES string of the molecule is CN(C)c1cc(CC#N)nc2cc(Cl)ccc12. The summed E-state index contributed by atoms with van der Waals surface area (Å²) in [6.07, 6.45) is 0.309. The number of aromatic nitrogens is 1. The highest BCUT2D eigenvalue weighted by molar-refractivity contribution is 6.31. The maximum Gasteiger partial charge on any atom is 0.0775 e. The van der Waals surface area contributed by atoms with Gasteiger partial charge in [-0.1, -0.05) is 11.6 Å². The van der Waals surface area contributed by atoms with E-state index >= 15 is 0 Å². The van der Waals surface area contributed by atoms with Gasteiger partial charge in [-0.25, -0.2) is 0 Å². The van der Waals surface area contributed by atoms with Gasteiger partial charge < -0.3 is 4.90 Å². The second kappa shape index (κ2) is 4.60. The number of nitrogens with zero attached hydrogens (tertiary/aromatic N) is 3. The molecular weight excluding hydrogens is 234 g/mol. The van der Waals surface area contributed by atoms with Gasteiger partial charge in [0.1, 0.15) is 0 Å². The Morgan fingerprint density at radius 3 is 2.76 bits per heavy atom. The van der Waals surface area contributed by atoms with Gasteiger partial charge >= 0.3 is 0 Å². The minimum absolute atomic E-state index is 0.309. The Hall–Kier alpha value is -1.79. The molecule has 0 saturated heterocycles. The number of rotatable bonds is 2. The first-order valence-corrected chi connectivity index (χ1v) is 5.63. The highest BCUT2D eigenvalue weighted by Crippen LogP contribution is 2.27. The Bertz CT molecular complexity index is 599. The van der Waals surface area contributed by atoms with E-state index in [2.05, 4.69) is 11.1 Å². The second-order valence-corrected chi connectivity index (χ2v) is 4.46. The lowest BCUT2D eigenvalue weighted by molar-refractivity contribution is 1.10. The average Bonchev–Trinajstić information content (AvgIpc) is 2.27. The third kappa shape index (κ3) is 2.32. The molecule has 1 aromatic carbocycles. The van der Waals surface area contributed by atoms with E-state index in [1.54, 1.807) is 0 Å². The van der Waals surface area contributed by atoms with Crippen molar-refractivity contribution in [3.63, 3.8) is 0 Å². The Morgan fingerprint density at radius 1 is 1.35 bits per heavy atom. The molecule has 0 N–H and O–H groups in total. The first-order valence-electron chi connectivity index (χ1n) is 5.25. The van der Waals surface area contributed by atoms with Crippen molar-refractivity contribution in [2.75, 3.05) is 19.0 Å². The summed E-state index contributed by atoms with van der Waals surface area (Å²) in [7, 11) is 3.94. The molecule has 0 aliphatic rings. The molecule has 0 spiro atoms. The minimum atomic E-state index is 0.309. The topological polar surface area (TPSA) is 39.9 Å². The molecule has 0 saturated carbocycles. The maximum absolute atomic E-state index is 8.75. The van der Waals surface area contributed by atoms with Gasteiger partial charge in [-0.15, -0.1) is 0 Å². The fourth-order valence-corrected chi connectivity index (χ4v) is 1.94. The van der Waals surface area contributed by atoms with E-state index in [0.29, 0.717) is 11.4 Å². The monoisotopic (exact) mass is 245 g/mol. The van der Waals surface area contributed by atoms with Crippen molar-refractivity contribution < 1.29 is 0 Å². The van der Waals surface area contributed by atoms with Crippen LogP contribution in [0.1, 0.15) is 5.69 Å². The average molecular weight is 246 g/mol. The number of fused-ring (bicyclic) bond motifs is 1. The fourth-order valence-electron chi connectivity index (χ4n) is 1.78. The van der Waals surface area contributed by atoms with Crippen molar-refractivity contribution in [1.82, 2.24) is 4.98 Å². The Morgan fingerprint density at radius 2 is 2.12 bits per heavy atom. The number of hydrogen-bond acceptors (Lipinski definition) is 3. The van der Waals surface area contributed by atoms with Crippen molar-refractivity contribution >= 4 is 28.2 Å². The van der Waals surface area contributed by atoms with Crippen LogP contribution in [0.3, 0.4) is 0 Å². The predicted octanol–water partition coefficient (Wildman–Crippen LogP) is 3.02. The molecule has 1 heterocycles. The Labute approximate surface area is 105 Å². The molecule has 4 heteroatoms. The molecule has 1 aromatic heterocycles. The van der Waals surface area contributed by atoms with Gasteiger partial charge in [-0.3, -0.25) is 4.98 Å². The first-order chi connectivity index (χ1) is 8.11. The van der Waals surface area contributed by atoms with E-state index in [4.69, 9.17) is 16.9 Å². The van der Waals surface area contributed by atoms with Crippen LogP contribution in [-0.4, -0.2) is 19.1 Å². The molecule has 0 fully saturated rings. The lowest BCUT2D eigenvalue weighted by Gasteiger charge is -2.16. The molecule has 0 atom stereocenters. The predicted molar refractivity (Wildman–Crippen MR) is 70.4 cm³/mol. The van der Waals surface area contributed by atoms with E-state index in [9.17, 15) is 0 Å². The van der Waals surface area contributed by atoms with E-state index in [1.807, 2.05) is 43.3 Å². The number of pyridine rings is 1. The van der Waals surface area contributed by atoms with E-state index < -0.39 is 0 Å². The van der Waals surface area contributed by atoms with Crippen molar-refractivity contribution in [3.8, 4) is 6.07 Å². The Kier molecular flexibility index (Phi) is 3.16. The number of halogens is 1. The summed E-state index contributed by atoms with van der Waals surface area (Å²) in [4.78, 5) is 6.45. The van der Waals surface area contributed by atoms with Crippen LogP contribution < -0.4 is 4.90 Å². The highest BCUT2D eigenvalue weighted by atomic mass is 35.5. The molecule has 3 nitrogen and oxygen atoms in total. The van der Waals surface area contributed by atoms with Crippen LogP contribution in [0.4, 0.5) is 5.69 Å². The molecule has 2 rings (SSSR count). The molecule has 17 heavy (non-hydrogen) atoms. The van der Waals surface area contributed by atoms with Gasteiger partial charge in [0.25, 0.3) is 0 Å². The summed E-state index contributed by atoms with van der Waals surface area (Å²) < 4.78 is 0. The maximum atomic E-state index is 8.75. The number of nitriles is 1. The second-order valence-electron chi connectivity index (χ2n) is 4.02. The van der Waals surface area contributed by atoms with Crippen molar-refractivity contribution in [1.29, 1.82) is 5.26 Å². The summed E-state index contributed by atoms with van der Waals surface area (Å²) in [5.74, 6) is 0. The number of benzene rings is 1. The molecule has 0 aliphatic heterocycles. The highest BCUT2D eigenvalue weighted by Gasteiger charge is 2.07. The standard InChI is InChI=1S/C13H12ClN3/c1-17(2)13-8-10(5-6-15)16-12-7-9(14)3-4-11(12)13/h3-4,7-8H,5H2,1-2H3. The van der Waals surface area contributed by atoms with E-state index in [-0.39, 0.29) is 0 Å². The summed E-state index contributed by atoms with van der Waals surface area (Å²) >= 11 is 5.96. The summed E-state index contributed by atoms with van der Waals surface area (Å²) in [6, 6.07) is 9.69. The van der Waals surface area contributed by atoms with Crippen LogP contribution >= 0.6 is 11.6 Å². The zero-order chi connectivity index (χ0) is 12.4. The molecule has 86 valence electrons. The van der Waals surface area contributed by atoms with Crippen LogP contribution in [0.15, 0.2) is 24.3 Å². The normalized spacial score (nSPS) is 10.2. The van der Waals surface area contributed by atoms with Crippen LogP contribution in [-0.2, 0) is 6.42 Å². The van der Waals surface area contributed by atoms with Crippen molar-refractivity contribution in [3.05, 3.63) is 35.0 Å². The number of hydrogen-bond donors (Lipinski definition) is 0. The molecule has 0 aliphatic carbocycles. The molecular formula is C13H12ClN3. The third-order valence-electron chi connectivity index (χ3n) is 2.55. The fraction of sp³-hybridized carbons (Fsp3) is 0.231. The van der Waals surface area contributed by atoms with Crippen LogP contribution in [0.2, 0.25) is 5.02 Å². The van der Waals surface area contributed by atoms with Crippen molar-refractivity contribution in [2.24, 2.45) is 0 Å². The lowest BCUT2D eigenvalue weighted by Crippen LogP contribution is -2.10. The van der Waals surface area contributed by atoms with Gasteiger partial charge in [0.2, 0.25) is 0 Å². The largest absolute Gasteiger partial charge is 0.377 e. The summed E-state index contributed by atoms with van der Waals surface area (Å²) in [5, 5.41) is 10.4. The molecule has 0 amide bonds. The first kappa shape index (κ1) is 11.7. The van der Waals surface area contributed by atoms with E-state index in [0.717, 1.165) is 22.3 Å². The van der Waals surface area contributed by atoms with Gasteiger partial charge in [-0.05, 0) is 24.3 Å². The number of anilines is 1. The van der Waals surface area contributed by atoms with Gasteiger partial charge in [-0.2, -0.15) is 5.26 Å².